The van der Waals surface area contributed by atoms with Crippen molar-refractivity contribution in [1.82, 2.24) is 10.3 Å². The predicted molar refractivity (Wildman–Crippen MR) is 85.5 cm³/mol. The first kappa shape index (κ1) is 14.8. The monoisotopic (exact) mass is 289 g/mol. The summed E-state index contributed by atoms with van der Waals surface area (Å²) in [6.07, 6.45) is 9.31. The van der Waals surface area contributed by atoms with Crippen LogP contribution in [0.15, 0.2) is 18.5 Å². The van der Waals surface area contributed by atoms with Gasteiger partial charge in [0.25, 0.3) is 0 Å². The average molecular weight is 289 g/mol. The summed E-state index contributed by atoms with van der Waals surface area (Å²) in [7, 11) is 1.78. The topological polar surface area (TPSA) is 37.4 Å². The van der Waals surface area contributed by atoms with Crippen LogP contribution in [0.3, 0.4) is 0 Å². The van der Waals surface area contributed by atoms with E-state index in [0.717, 1.165) is 31.7 Å². The Labute approximate surface area is 127 Å². The second-order valence-electron chi connectivity index (χ2n) is 6.42. The highest BCUT2D eigenvalue weighted by molar-refractivity contribution is 5.53. The highest BCUT2D eigenvalue weighted by Gasteiger charge is 2.33. The maximum atomic E-state index is 5.31. The van der Waals surface area contributed by atoms with E-state index in [2.05, 4.69) is 28.2 Å². The minimum Gasteiger partial charge on any atom is -0.383 e. The van der Waals surface area contributed by atoms with Gasteiger partial charge in [0, 0.05) is 38.5 Å². The summed E-state index contributed by atoms with van der Waals surface area (Å²) in [6.45, 7) is 5.00. The van der Waals surface area contributed by atoms with Gasteiger partial charge >= 0.3 is 0 Å². The lowest BCUT2D eigenvalue weighted by Crippen LogP contribution is -2.38. The molecule has 4 heteroatoms. The number of pyridine rings is 1. The normalized spacial score (nSPS) is 19.5. The first-order chi connectivity index (χ1) is 10.3. The van der Waals surface area contributed by atoms with Gasteiger partial charge in [0.05, 0.1) is 18.5 Å². The summed E-state index contributed by atoms with van der Waals surface area (Å²) in [6, 6.07) is 3.47. The molecule has 1 aromatic rings. The van der Waals surface area contributed by atoms with Crippen LogP contribution in [0.25, 0.3) is 0 Å². The smallest absolute Gasteiger partial charge is 0.0637 e. The zero-order chi connectivity index (χ0) is 14.7. The fourth-order valence-electron chi connectivity index (χ4n) is 2.93. The molecule has 0 saturated heterocycles. The molecule has 0 aromatic carbocycles. The molecule has 3 rings (SSSR count). The molecule has 2 fully saturated rings. The third-order valence-corrected chi connectivity index (χ3v) is 4.69. The molecule has 1 unspecified atom stereocenters. The standard InChI is InChI=1S/C17H27N3O/c1-13(14-3-4-14)20(9-10-21-2)17-12-18-8-7-15(17)11-19-16-5-6-16/h7-8,12-14,16,19H,3-6,9-11H2,1-2H3. The van der Waals surface area contributed by atoms with Crippen LogP contribution in [0.4, 0.5) is 5.69 Å². The number of methoxy groups -OCH3 is 1. The van der Waals surface area contributed by atoms with E-state index < -0.39 is 0 Å². The van der Waals surface area contributed by atoms with E-state index in [9.17, 15) is 0 Å². The lowest BCUT2D eigenvalue weighted by Gasteiger charge is -2.32. The van der Waals surface area contributed by atoms with Gasteiger partial charge in [-0.1, -0.05) is 0 Å². The van der Waals surface area contributed by atoms with E-state index in [1.807, 2.05) is 12.4 Å². The number of hydrogen-bond acceptors (Lipinski definition) is 4. The molecule has 0 amide bonds. The van der Waals surface area contributed by atoms with Crippen LogP contribution >= 0.6 is 0 Å². The van der Waals surface area contributed by atoms with Gasteiger partial charge in [-0.15, -0.1) is 0 Å². The Kier molecular flexibility index (Phi) is 4.76. The average Bonchev–Trinajstić information content (AvgIpc) is 3.40. The van der Waals surface area contributed by atoms with Crippen molar-refractivity contribution in [2.75, 3.05) is 25.2 Å². The molecule has 4 nitrogen and oxygen atoms in total. The first-order valence-electron chi connectivity index (χ1n) is 8.21. The Hall–Kier alpha value is -1.13. The molecular formula is C17H27N3O. The molecule has 1 N–H and O–H groups in total. The quantitative estimate of drug-likeness (QED) is 0.758. The fraction of sp³-hybridized carbons (Fsp3) is 0.706. The van der Waals surface area contributed by atoms with Gasteiger partial charge in [-0.3, -0.25) is 4.98 Å². The van der Waals surface area contributed by atoms with Gasteiger partial charge in [0.2, 0.25) is 0 Å². The molecule has 0 aliphatic heterocycles. The van der Waals surface area contributed by atoms with E-state index in [4.69, 9.17) is 4.74 Å². The zero-order valence-electron chi connectivity index (χ0n) is 13.2. The Bertz CT molecular complexity index is 457. The van der Waals surface area contributed by atoms with E-state index in [-0.39, 0.29) is 0 Å². The Morgan fingerprint density at radius 1 is 1.38 bits per heavy atom. The molecule has 2 aliphatic rings. The molecule has 2 aliphatic carbocycles. The van der Waals surface area contributed by atoms with Crippen LogP contribution < -0.4 is 10.2 Å². The number of ether oxygens (including phenoxy) is 1. The van der Waals surface area contributed by atoms with E-state index in [1.54, 1.807) is 7.11 Å². The summed E-state index contributed by atoms with van der Waals surface area (Å²) in [5, 5.41) is 3.62. The Morgan fingerprint density at radius 2 is 2.19 bits per heavy atom. The number of hydrogen-bond donors (Lipinski definition) is 1. The second-order valence-corrected chi connectivity index (χ2v) is 6.42. The lowest BCUT2D eigenvalue weighted by atomic mass is 10.1. The summed E-state index contributed by atoms with van der Waals surface area (Å²) < 4.78 is 5.31. The van der Waals surface area contributed by atoms with Crippen LogP contribution in [0.5, 0.6) is 0 Å². The van der Waals surface area contributed by atoms with Gasteiger partial charge in [-0.25, -0.2) is 0 Å². The molecule has 0 bridgehead atoms. The van der Waals surface area contributed by atoms with E-state index in [1.165, 1.54) is 36.9 Å². The Balaban J connectivity index is 1.75. The van der Waals surface area contributed by atoms with Crippen LogP contribution in [0.1, 0.15) is 38.2 Å². The molecule has 1 heterocycles. The van der Waals surface area contributed by atoms with Crippen molar-refractivity contribution in [3.05, 3.63) is 24.0 Å². The zero-order valence-corrected chi connectivity index (χ0v) is 13.2. The minimum atomic E-state index is 0.573. The van der Waals surface area contributed by atoms with Crippen molar-refractivity contribution in [2.24, 2.45) is 5.92 Å². The maximum absolute atomic E-state index is 5.31. The summed E-state index contributed by atoms with van der Waals surface area (Å²) in [5.74, 6) is 0.839. The maximum Gasteiger partial charge on any atom is 0.0637 e. The van der Waals surface area contributed by atoms with Gasteiger partial charge in [0.15, 0.2) is 0 Å². The minimum absolute atomic E-state index is 0.573. The van der Waals surface area contributed by atoms with Crippen molar-refractivity contribution in [3.8, 4) is 0 Å². The van der Waals surface area contributed by atoms with Gasteiger partial charge in [-0.05, 0) is 50.2 Å². The van der Waals surface area contributed by atoms with Crippen molar-refractivity contribution in [1.29, 1.82) is 0 Å². The largest absolute Gasteiger partial charge is 0.383 e. The number of nitrogens with zero attached hydrogens (tertiary/aromatic N) is 2. The van der Waals surface area contributed by atoms with Crippen LogP contribution in [-0.4, -0.2) is 37.3 Å². The second kappa shape index (κ2) is 6.75. The predicted octanol–water partition coefficient (Wildman–Crippen LogP) is 2.58. The molecule has 1 atom stereocenters. The first-order valence-corrected chi connectivity index (χ1v) is 8.21. The van der Waals surface area contributed by atoms with Crippen molar-refractivity contribution >= 4 is 5.69 Å². The summed E-state index contributed by atoms with van der Waals surface area (Å²) in [5.41, 5.74) is 2.64. The third-order valence-electron chi connectivity index (χ3n) is 4.69. The van der Waals surface area contributed by atoms with Crippen LogP contribution in [0.2, 0.25) is 0 Å². The molecule has 1 aromatic heterocycles. The van der Waals surface area contributed by atoms with Crippen LogP contribution in [0, 0.1) is 5.92 Å². The molecule has 21 heavy (non-hydrogen) atoms. The van der Waals surface area contributed by atoms with Crippen molar-refractivity contribution < 1.29 is 4.74 Å². The van der Waals surface area contributed by atoms with Gasteiger partial charge in [0.1, 0.15) is 0 Å². The number of rotatable bonds is 9. The molecule has 0 spiro atoms. The Morgan fingerprint density at radius 3 is 2.86 bits per heavy atom. The highest BCUT2D eigenvalue weighted by Crippen LogP contribution is 2.37. The molecule has 2 saturated carbocycles. The third kappa shape index (κ3) is 3.95. The molecule has 0 radical (unpaired) electrons. The number of nitrogens with one attached hydrogen (secondary N) is 1. The van der Waals surface area contributed by atoms with E-state index in [0.29, 0.717) is 6.04 Å². The molecule has 116 valence electrons. The van der Waals surface area contributed by atoms with Crippen molar-refractivity contribution in [3.63, 3.8) is 0 Å². The summed E-state index contributed by atoms with van der Waals surface area (Å²) >= 11 is 0. The fourth-order valence-corrected chi connectivity index (χ4v) is 2.93. The van der Waals surface area contributed by atoms with Gasteiger partial charge < -0.3 is 15.0 Å². The number of aromatic nitrogens is 1. The SMILES string of the molecule is COCCN(c1cnccc1CNC1CC1)C(C)C1CC1. The summed E-state index contributed by atoms with van der Waals surface area (Å²) in [4.78, 5) is 6.87. The molecular weight excluding hydrogens is 262 g/mol. The van der Waals surface area contributed by atoms with Crippen molar-refractivity contribution in [2.45, 2.75) is 51.2 Å². The highest BCUT2D eigenvalue weighted by atomic mass is 16.5. The van der Waals surface area contributed by atoms with Gasteiger partial charge in [-0.2, -0.15) is 0 Å². The number of anilines is 1. The van der Waals surface area contributed by atoms with E-state index >= 15 is 0 Å². The lowest BCUT2D eigenvalue weighted by molar-refractivity contribution is 0.202. The van der Waals surface area contributed by atoms with Crippen LogP contribution in [-0.2, 0) is 11.3 Å².